The van der Waals surface area contributed by atoms with E-state index in [1.807, 2.05) is 36.4 Å². The predicted molar refractivity (Wildman–Crippen MR) is 105 cm³/mol. The van der Waals surface area contributed by atoms with E-state index in [9.17, 15) is 4.39 Å². The Morgan fingerprint density at radius 1 is 0.964 bits per heavy atom. The first-order chi connectivity index (χ1) is 13.8. The van der Waals surface area contributed by atoms with Crippen molar-refractivity contribution in [3.63, 3.8) is 0 Å². The Labute approximate surface area is 164 Å². The zero-order valence-electron chi connectivity index (χ0n) is 15.7. The number of hydrogen-bond donors (Lipinski definition) is 1. The lowest BCUT2D eigenvalue weighted by Crippen LogP contribution is -2.20. The topological polar surface area (TPSA) is 52.6 Å². The summed E-state index contributed by atoms with van der Waals surface area (Å²) in [7, 11) is 1.59. The molecule has 0 aliphatic carbocycles. The van der Waals surface area contributed by atoms with Gasteiger partial charge in [0, 0.05) is 30.9 Å². The summed E-state index contributed by atoms with van der Waals surface area (Å²) >= 11 is 0. The van der Waals surface area contributed by atoms with E-state index in [4.69, 9.17) is 14.2 Å². The maximum absolute atomic E-state index is 13.7. The fourth-order valence-electron chi connectivity index (χ4n) is 2.61. The van der Waals surface area contributed by atoms with Gasteiger partial charge in [-0.25, -0.2) is 9.37 Å². The number of benzene rings is 2. The first-order valence-corrected chi connectivity index (χ1v) is 9.04. The lowest BCUT2D eigenvalue weighted by Gasteiger charge is -2.13. The van der Waals surface area contributed by atoms with Crippen LogP contribution in [-0.2, 0) is 13.2 Å². The van der Waals surface area contributed by atoms with Gasteiger partial charge in [-0.2, -0.15) is 0 Å². The molecule has 5 nitrogen and oxygen atoms in total. The molecule has 0 radical (unpaired) electrons. The summed E-state index contributed by atoms with van der Waals surface area (Å²) in [6.07, 6.45) is 1.70. The second-order valence-corrected chi connectivity index (χ2v) is 6.06. The van der Waals surface area contributed by atoms with Crippen LogP contribution in [0.25, 0.3) is 0 Å². The Kier molecular flexibility index (Phi) is 7.21. The molecule has 3 rings (SSSR count). The molecule has 6 heteroatoms. The van der Waals surface area contributed by atoms with E-state index in [1.54, 1.807) is 31.5 Å². The Bertz CT molecular complexity index is 875. The molecule has 28 heavy (non-hydrogen) atoms. The van der Waals surface area contributed by atoms with Crippen LogP contribution in [0.3, 0.4) is 0 Å². The molecule has 0 spiro atoms. The van der Waals surface area contributed by atoms with E-state index < -0.39 is 0 Å². The molecule has 0 aliphatic rings. The molecule has 0 aliphatic heterocycles. The van der Waals surface area contributed by atoms with Crippen molar-refractivity contribution in [2.75, 3.05) is 20.3 Å². The minimum Gasteiger partial charge on any atom is -0.493 e. The zero-order chi connectivity index (χ0) is 19.6. The number of nitrogens with one attached hydrogen (secondary N) is 1. The molecule has 0 amide bonds. The second-order valence-electron chi connectivity index (χ2n) is 6.06. The van der Waals surface area contributed by atoms with Crippen molar-refractivity contribution in [1.82, 2.24) is 10.3 Å². The normalized spacial score (nSPS) is 10.5. The molecule has 1 N–H and O–H groups in total. The summed E-state index contributed by atoms with van der Waals surface area (Å²) in [4.78, 5) is 4.11. The van der Waals surface area contributed by atoms with Crippen LogP contribution in [0.15, 0.2) is 66.9 Å². The Balaban J connectivity index is 1.48. The van der Waals surface area contributed by atoms with Gasteiger partial charge in [-0.15, -0.1) is 0 Å². The summed E-state index contributed by atoms with van der Waals surface area (Å²) in [5.41, 5.74) is 1.55. The molecule has 0 saturated heterocycles. The maximum Gasteiger partial charge on any atom is 0.213 e. The van der Waals surface area contributed by atoms with Gasteiger partial charge in [-0.05, 0) is 29.8 Å². The van der Waals surface area contributed by atoms with Crippen LogP contribution in [0.2, 0.25) is 0 Å². The SMILES string of the molecule is COc1cc(CNCCOc2ccccn2)ccc1OCc1ccccc1F. The highest BCUT2D eigenvalue weighted by Crippen LogP contribution is 2.29. The van der Waals surface area contributed by atoms with Gasteiger partial charge in [0.05, 0.1) is 7.11 Å². The fraction of sp³-hybridized carbons (Fsp3) is 0.227. The standard InChI is InChI=1S/C22H23FN2O3/c1-26-21-14-17(15-24-12-13-27-22-8-4-5-11-25-22)9-10-20(21)28-16-18-6-2-3-7-19(18)23/h2-11,14,24H,12-13,15-16H2,1H3. The van der Waals surface area contributed by atoms with Crippen LogP contribution in [-0.4, -0.2) is 25.2 Å². The largest absolute Gasteiger partial charge is 0.493 e. The Hall–Kier alpha value is -3.12. The van der Waals surface area contributed by atoms with E-state index in [2.05, 4.69) is 10.3 Å². The Morgan fingerprint density at radius 3 is 2.61 bits per heavy atom. The second kappa shape index (κ2) is 10.3. The summed E-state index contributed by atoms with van der Waals surface area (Å²) in [6.45, 7) is 2.02. The van der Waals surface area contributed by atoms with Crippen molar-refractivity contribution >= 4 is 0 Å². The van der Waals surface area contributed by atoms with Crippen molar-refractivity contribution in [2.45, 2.75) is 13.2 Å². The monoisotopic (exact) mass is 382 g/mol. The van der Waals surface area contributed by atoms with Gasteiger partial charge in [0.2, 0.25) is 5.88 Å². The van der Waals surface area contributed by atoms with Crippen LogP contribution in [0.1, 0.15) is 11.1 Å². The summed E-state index contributed by atoms with van der Waals surface area (Å²) in [5, 5.41) is 3.31. The summed E-state index contributed by atoms with van der Waals surface area (Å²) in [5.74, 6) is 1.52. The highest BCUT2D eigenvalue weighted by molar-refractivity contribution is 5.43. The van der Waals surface area contributed by atoms with Crippen LogP contribution in [0.4, 0.5) is 4.39 Å². The molecule has 1 heterocycles. The third-order valence-corrected chi connectivity index (χ3v) is 4.06. The lowest BCUT2D eigenvalue weighted by atomic mass is 10.2. The molecule has 0 unspecified atom stereocenters. The minimum atomic E-state index is -0.282. The van der Waals surface area contributed by atoms with Crippen LogP contribution < -0.4 is 19.5 Å². The molecule has 0 atom stereocenters. The van der Waals surface area contributed by atoms with Crippen LogP contribution >= 0.6 is 0 Å². The van der Waals surface area contributed by atoms with Crippen molar-refractivity contribution < 1.29 is 18.6 Å². The first kappa shape index (κ1) is 19.6. The number of ether oxygens (including phenoxy) is 3. The van der Waals surface area contributed by atoms with Gasteiger partial charge in [-0.1, -0.05) is 30.3 Å². The zero-order valence-corrected chi connectivity index (χ0v) is 15.7. The average molecular weight is 382 g/mol. The van der Waals surface area contributed by atoms with E-state index in [0.29, 0.717) is 42.6 Å². The molecule has 0 bridgehead atoms. The van der Waals surface area contributed by atoms with Crippen molar-refractivity contribution in [3.05, 3.63) is 83.8 Å². The number of aromatic nitrogens is 1. The fourth-order valence-corrected chi connectivity index (χ4v) is 2.61. The molecular formula is C22H23FN2O3. The number of pyridine rings is 1. The highest BCUT2D eigenvalue weighted by atomic mass is 19.1. The lowest BCUT2D eigenvalue weighted by molar-refractivity contribution is 0.279. The maximum atomic E-state index is 13.7. The average Bonchev–Trinajstić information content (AvgIpc) is 2.74. The van der Waals surface area contributed by atoms with E-state index in [-0.39, 0.29) is 12.4 Å². The van der Waals surface area contributed by atoms with E-state index in [0.717, 1.165) is 5.56 Å². The van der Waals surface area contributed by atoms with Gasteiger partial charge >= 0.3 is 0 Å². The number of halogens is 1. The quantitative estimate of drug-likeness (QED) is 0.538. The minimum absolute atomic E-state index is 0.144. The van der Waals surface area contributed by atoms with E-state index >= 15 is 0 Å². The molecule has 2 aromatic carbocycles. The van der Waals surface area contributed by atoms with Crippen molar-refractivity contribution in [1.29, 1.82) is 0 Å². The third kappa shape index (κ3) is 5.69. The Morgan fingerprint density at radius 2 is 1.82 bits per heavy atom. The first-order valence-electron chi connectivity index (χ1n) is 9.04. The van der Waals surface area contributed by atoms with Crippen LogP contribution in [0.5, 0.6) is 17.4 Å². The summed E-state index contributed by atoms with van der Waals surface area (Å²) in [6, 6.07) is 17.8. The molecule has 0 saturated carbocycles. The van der Waals surface area contributed by atoms with Gasteiger partial charge in [0.25, 0.3) is 0 Å². The van der Waals surface area contributed by atoms with Gasteiger partial charge in [-0.3, -0.25) is 0 Å². The number of methoxy groups -OCH3 is 1. The van der Waals surface area contributed by atoms with Gasteiger partial charge in [0.15, 0.2) is 11.5 Å². The molecular weight excluding hydrogens is 359 g/mol. The third-order valence-electron chi connectivity index (χ3n) is 4.06. The molecule has 1 aromatic heterocycles. The van der Waals surface area contributed by atoms with Gasteiger partial charge in [0.1, 0.15) is 19.0 Å². The molecule has 0 fully saturated rings. The number of nitrogens with zero attached hydrogens (tertiary/aromatic N) is 1. The molecule has 146 valence electrons. The van der Waals surface area contributed by atoms with Crippen LogP contribution in [0, 0.1) is 5.82 Å². The molecule has 3 aromatic rings. The van der Waals surface area contributed by atoms with Crippen molar-refractivity contribution in [3.8, 4) is 17.4 Å². The number of hydrogen-bond acceptors (Lipinski definition) is 5. The van der Waals surface area contributed by atoms with Gasteiger partial charge < -0.3 is 19.5 Å². The van der Waals surface area contributed by atoms with Crippen molar-refractivity contribution in [2.24, 2.45) is 0 Å². The smallest absolute Gasteiger partial charge is 0.213 e. The number of rotatable bonds is 10. The highest BCUT2D eigenvalue weighted by Gasteiger charge is 2.08. The van der Waals surface area contributed by atoms with E-state index in [1.165, 1.54) is 6.07 Å². The summed E-state index contributed by atoms with van der Waals surface area (Å²) < 4.78 is 30.4. The predicted octanol–water partition coefficient (Wildman–Crippen LogP) is 3.98.